The minimum Gasteiger partial charge on any atom is -0.315 e. The Kier molecular flexibility index (Phi) is 3.69. The molecule has 0 atom stereocenters. The maximum atomic E-state index is 13.1. The van der Waals surface area contributed by atoms with Crippen molar-refractivity contribution in [2.24, 2.45) is 4.99 Å². The summed E-state index contributed by atoms with van der Waals surface area (Å²) in [5.41, 5.74) is 2.88. The standard InChI is InChI=1S/C19H12ClF3N2/c20-15-6-7-16-13(10-15)11-24-18(17-5-2-8-25(16)17)12-3-1-4-14(9-12)19(21,22)23/h1-10H,11H2. The van der Waals surface area contributed by atoms with E-state index in [0.29, 0.717) is 22.8 Å². The fourth-order valence-corrected chi connectivity index (χ4v) is 3.22. The Bertz CT molecular complexity index is 986. The Morgan fingerprint density at radius 1 is 1.00 bits per heavy atom. The van der Waals surface area contributed by atoms with E-state index in [1.165, 1.54) is 6.07 Å². The van der Waals surface area contributed by atoms with Gasteiger partial charge in [-0.05, 0) is 48.0 Å². The number of aliphatic imine (C=N–C) groups is 1. The zero-order valence-corrected chi connectivity index (χ0v) is 13.6. The maximum Gasteiger partial charge on any atom is 0.416 e. The first-order valence-electron chi connectivity index (χ1n) is 7.62. The van der Waals surface area contributed by atoms with Crippen LogP contribution in [0.25, 0.3) is 5.69 Å². The number of hydrogen-bond acceptors (Lipinski definition) is 1. The molecule has 4 rings (SSSR count). The first-order chi connectivity index (χ1) is 11.9. The van der Waals surface area contributed by atoms with Crippen molar-refractivity contribution < 1.29 is 13.2 Å². The highest BCUT2D eigenvalue weighted by molar-refractivity contribution is 6.30. The van der Waals surface area contributed by atoms with E-state index in [1.54, 1.807) is 12.1 Å². The van der Waals surface area contributed by atoms with Crippen LogP contribution in [0.4, 0.5) is 13.2 Å². The van der Waals surface area contributed by atoms with Crippen molar-refractivity contribution in [2.45, 2.75) is 12.7 Å². The molecule has 6 heteroatoms. The molecule has 0 fully saturated rings. The van der Waals surface area contributed by atoms with Crippen LogP contribution in [-0.4, -0.2) is 10.3 Å². The Hall–Kier alpha value is -2.53. The summed E-state index contributed by atoms with van der Waals surface area (Å²) in [4.78, 5) is 4.58. The molecule has 2 nitrogen and oxygen atoms in total. The first kappa shape index (κ1) is 16.0. The van der Waals surface area contributed by atoms with Crippen LogP contribution in [0.2, 0.25) is 5.02 Å². The van der Waals surface area contributed by atoms with Crippen LogP contribution in [0.3, 0.4) is 0 Å². The Morgan fingerprint density at radius 2 is 1.84 bits per heavy atom. The lowest BCUT2D eigenvalue weighted by molar-refractivity contribution is -0.137. The summed E-state index contributed by atoms with van der Waals surface area (Å²) >= 11 is 6.07. The molecular weight excluding hydrogens is 349 g/mol. The van der Waals surface area contributed by atoms with Gasteiger partial charge in [-0.25, -0.2) is 0 Å². The number of hydrogen-bond donors (Lipinski definition) is 0. The quantitative estimate of drug-likeness (QED) is 0.545. The van der Waals surface area contributed by atoms with E-state index >= 15 is 0 Å². The van der Waals surface area contributed by atoms with Crippen molar-refractivity contribution in [1.29, 1.82) is 0 Å². The summed E-state index contributed by atoms with van der Waals surface area (Å²) in [5.74, 6) is 0. The van der Waals surface area contributed by atoms with Crippen molar-refractivity contribution in [1.82, 2.24) is 4.57 Å². The Morgan fingerprint density at radius 3 is 2.64 bits per heavy atom. The zero-order valence-electron chi connectivity index (χ0n) is 12.9. The van der Waals surface area contributed by atoms with Crippen molar-refractivity contribution in [2.75, 3.05) is 0 Å². The zero-order chi connectivity index (χ0) is 17.6. The first-order valence-corrected chi connectivity index (χ1v) is 8.00. The highest BCUT2D eigenvalue weighted by Gasteiger charge is 2.31. The monoisotopic (exact) mass is 360 g/mol. The van der Waals surface area contributed by atoms with Gasteiger partial charge in [0.15, 0.2) is 0 Å². The molecule has 1 aromatic heterocycles. The molecule has 0 unspecified atom stereocenters. The predicted molar refractivity (Wildman–Crippen MR) is 91.6 cm³/mol. The number of benzene rings is 2. The lowest BCUT2D eigenvalue weighted by atomic mass is 10.0. The van der Waals surface area contributed by atoms with Crippen LogP contribution in [0.15, 0.2) is 65.8 Å². The van der Waals surface area contributed by atoms with Crippen molar-refractivity contribution >= 4 is 17.3 Å². The molecule has 0 aliphatic carbocycles. The van der Waals surface area contributed by atoms with Crippen LogP contribution in [0.1, 0.15) is 22.4 Å². The molecule has 25 heavy (non-hydrogen) atoms. The number of rotatable bonds is 1. The Balaban J connectivity index is 1.88. The fourth-order valence-electron chi connectivity index (χ4n) is 3.03. The van der Waals surface area contributed by atoms with E-state index < -0.39 is 11.7 Å². The molecule has 0 radical (unpaired) electrons. The van der Waals surface area contributed by atoms with Gasteiger partial charge in [-0.2, -0.15) is 13.2 Å². The van der Waals surface area contributed by atoms with Crippen LogP contribution in [0, 0.1) is 0 Å². The van der Waals surface area contributed by atoms with Crippen molar-refractivity contribution in [3.8, 4) is 5.69 Å². The molecule has 3 aromatic rings. The number of halogens is 4. The number of aromatic nitrogens is 1. The van der Waals surface area contributed by atoms with E-state index in [1.807, 2.05) is 35.0 Å². The van der Waals surface area contributed by atoms with E-state index in [2.05, 4.69) is 4.99 Å². The summed E-state index contributed by atoms with van der Waals surface area (Å²) in [5, 5.41) is 0.602. The smallest absolute Gasteiger partial charge is 0.315 e. The minimum atomic E-state index is -4.39. The molecule has 2 aromatic carbocycles. The summed E-state index contributed by atoms with van der Waals surface area (Å²) < 4.78 is 41.1. The van der Waals surface area contributed by atoms with E-state index in [0.717, 1.165) is 29.1 Å². The lowest BCUT2D eigenvalue weighted by Gasteiger charge is -2.12. The molecule has 1 aliphatic heterocycles. The highest BCUT2D eigenvalue weighted by atomic mass is 35.5. The molecule has 126 valence electrons. The number of fused-ring (bicyclic) bond motifs is 3. The molecule has 0 saturated carbocycles. The molecule has 0 amide bonds. The number of nitrogens with zero attached hydrogens (tertiary/aromatic N) is 2. The van der Waals surface area contributed by atoms with Crippen LogP contribution >= 0.6 is 11.6 Å². The lowest BCUT2D eigenvalue weighted by Crippen LogP contribution is -2.11. The van der Waals surface area contributed by atoms with Crippen LogP contribution < -0.4 is 0 Å². The maximum absolute atomic E-state index is 13.1. The van der Waals surface area contributed by atoms with E-state index in [4.69, 9.17) is 11.6 Å². The summed E-state index contributed by atoms with van der Waals surface area (Å²) in [7, 11) is 0. The predicted octanol–water partition coefficient (Wildman–Crippen LogP) is 5.50. The average Bonchev–Trinajstić information content (AvgIpc) is 2.98. The fraction of sp³-hybridized carbons (Fsp3) is 0.105. The normalized spacial score (nSPS) is 13.7. The van der Waals surface area contributed by atoms with Gasteiger partial charge in [0, 0.05) is 16.8 Å². The summed E-state index contributed by atoms with van der Waals surface area (Å²) in [6.45, 7) is 0.350. The molecule has 0 saturated heterocycles. The van der Waals surface area contributed by atoms with Gasteiger partial charge in [0.05, 0.1) is 29.2 Å². The third kappa shape index (κ3) is 2.85. The second-order valence-corrected chi connectivity index (χ2v) is 6.22. The SMILES string of the molecule is FC(F)(F)c1cccc(C2=NCc3cc(Cl)ccc3-n3cccc32)c1. The van der Waals surface area contributed by atoms with E-state index in [9.17, 15) is 13.2 Å². The molecule has 0 spiro atoms. The van der Waals surface area contributed by atoms with Gasteiger partial charge in [0.25, 0.3) is 0 Å². The minimum absolute atomic E-state index is 0.350. The van der Waals surface area contributed by atoms with Gasteiger partial charge in [0.1, 0.15) is 0 Å². The third-order valence-electron chi connectivity index (χ3n) is 4.16. The molecule has 2 heterocycles. The van der Waals surface area contributed by atoms with Gasteiger partial charge >= 0.3 is 6.18 Å². The second kappa shape index (κ2) is 5.77. The average molecular weight is 361 g/mol. The van der Waals surface area contributed by atoms with Crippen LogP contribution in [0.5, 0.6) is 0 Å². The summed E-state index contributed by atoms with van der Waals surface area (Å²) in [6, 6.07) is 14.5. The van der Waals surface area contributed by atoms with Crippen molar-refractivity contribution in [3.63, 3.8) is 0 Å². The van der Waals surface area contributed by atoms with Gasteiger partial charge in [-0.1, -0.05) is 23.7 Å². The van der Waals surface area contributed by atoms with Gasteiger partial charge in [-0.15, -0.1) is 0 Å². The highest BCUT2D eigenvalue weighted by Crippen LogP contribution is 2.31. The van der Waals surface area contributed by atoms with Crippen LogP contribution in [-0.2, 0) is 12.7 Å². The molecular formula is C19H12ClF3N2. The van der Waals surface area contributed by atoms with E-state index in [-0.39, 0.29) is 0 Å². The second-order valence-electron chi connectivity index (χ2n) is 5.78. The topological polar surface area (TPSA) is 17.3 Å². The van der Waals surface area contributed by atoms with Crippen molar-refractivity contribution in [3.05, 3.63) is 88.2 Å². The summed E-state index contributed by atoms with van der Waals surface area (Å²) in [6.07, 6.45) is -2.52. The molecule has 1 aliphatic rings. The molecule has 0 N–H and O–H groups in total. The third-order valence-corrected chi connectivity index (χ3v) is 4.40. The largest absolute Gasteiger partial charge is 0.416 e. The van der Waals surface area contributed by atoms with Gasteiger partial charge in [-0.3, -0.25) is 4.99 Å². The van der Waals surface area contributed by atoms with Gasteiger partial charge in [0.2, 0.25) is 0 Å². The van der Waals surface area contributed by atoms with Gasteiger partial charge < -0.3 is 4.57 Å². The molecule has 0 bridgehead atoms. The Labute approximate surface area is 147 Å². The number of alkyl halides is 3.